The molecule has 3 nitrogen and oxygen atoms in total. The summed E-state index contributed by atoms with van der Waals surface area (Å²) in [5.41, 5.74) is 1.25. The zero-order valence-electron chi connectivity index (χ0n) is 11.1. The molecule has 0 fully saturated rings. The van der Waals surface area contributed by atoms with E-state index in [2.05, 4.69) is 35.3 Å². The van der Waals surface area contributed by atoms with Gasteiger partial charge in [-0.2, -0.15) is 5.10 Å². The summed E-state index contributed by atoms with van der Waals surface area (Å²) in [6.45, 7) is 9.88. The minimum atomic E-state index is 0.772. The van der Waals surface area contributed by atoms with Crippen molar-refractivity contribution < 1.29 is 0 Å². The van der Waals surface area contributed by atoms with Gasteiger partial charge < -0.3 is 4.90 Å². The monoisotopic (exact) mass is 253 g/mol. The summed E-state index contributed by atoms with van der Waals surface area (Å²) in [5.74, 6) is 0.954. The molecule has 0 aliphatic heterocycles. The largest absolute Gasteiger partial charge is 0.348 e. The van der Waals surface area contributed by atoms with Crippen LogP contribution in [0.15, 0.2) is 67.9 Å². The van der Waals surface area contributed by atoms with E-state index in [0.29, 0.717) is 0 Å². The van der Waals surface area contributed by atoms with Crippen LogP contribution in [0.2, 0.25) is 0 Å². The minimum absolute atomic E-state index is 0.772. The Morgan fingerprint density at radius 3 is 2.37 bits per heavy atom. The van der Waals surface area contributed by atoms with Gasteiger partial charge in [0.1, 0.15) is 0 Å². The minimum Gasteiger partial charge on any atom is -0.348 e. The Bertz CT molecular complexity index is 518. The van der Waals surface area contributed by atoms with Crippen molar-refractivity contribution in [3.05, 3.63) is 73.5 Å². The predicted molar refractivity (Wildman–Crippen MR) is 80.4 cm³/mol. The second-order valence-corrected chi connectivity index (χ2v) is 4.34. The molecule has 2 aromatic rings. The standard InChI is InChI=1S/C16H19N3/c1-3-11-18(12-4-2)16-10-13-19(17-16)14-15-8-6-5-7-9-15/h3-10,13H,1-2,11-12,14H2. The molecule has 0 aliphatic rings. The van der Waals surface area contributed by atoms with Crippen molar-refractivity contribution in [2.24, 2.45) is 0 Å². The molecule has 0 saturated carbocycles. The van der Waals surface area contributed by atoms with Crippen LogP contribution in [0, 0.1) is 0 Å². The predicted octanol–water partition coefficient (Wildman–Crippen LogP) is 3.11. The molecule has 1 aromatic carbocycles. The van der Waals surface area contributed by atoms with Crippen molar-refractivity contribution in [3.8, 4) is 0 Å². The van der Waals surface area contributed by atoms with Gasteiger partial charge in [0.2, 0.25) is 0 Å². The highest BCUT2D eigenvalue weighted by Gasteiger charge is 2.06. The first-order chi connectivity index (χ1) is 9.33. The second-order valence-electron chi connectivity index (χ2n) is 4.34. The number of hydrogen-bond acceptors (Lipinski definition) is 2. The first kappa shape index (κ1) is 13.1. The summed E-state index contributed by atoms with van der Waals surface area (Å²) in [6.07, 6.45) is 5.75. The Morgan fingerprint density at radius 2 is 1.74 bits per heavy atom. The van der Waals surface area contributed by atoms with Gasteiger partial charge in [0, 0.05) is 25.4 Å². The van der Waals surface area contributed by atoms with Gasteiger partial charge in [-0.3, -0.25) is 4.68 Å². The van der Waals surface area contributed by atoms with E-state index < -0.39 is 0 Å². The van der Waals surface area contributed by atoms with Gasteiger partial charge in [0.05, 0.1) is 6.54 Å². The molecular formula is C16H19N3. The number of benzene rings is 1. The molecule has 0 amide bonds. The second kappa shape index (κ2) is 6.59. The molecule has 19 heavy (non-hydrogen) atoms. The first-order valence-corrected chi connectivity index (χ1v) is 6.37. The lowest BCUT2D eigenvalue weighted by Gasteiger charge is -2.18. The van der Waals surface area contributed by atoms with Gasteiger partial charge in [-0.15, -0.1) is 13.2 Å². The third-order valence-electron chi connectivity index (χ3n) is 2.84. The van der Waals surface area contributed by atoms with Gasteiger partial charge in [0.15, 0.2) is 5.82 Å². The number of aromatic nitrogens is 2. The Balaban J connectivity index is 2.09. The summed E-state index contributed by atoms with van der Waals surface area (Å²) in [5, 5.41) is 4.59. The van der Waals surface area contributed by atoms with Gasteiger partial charge >= 0.3 is 0 Å². The van der Waals surface area contributed by atoms with Crippen LogP contribution in [0.3, 0.4) is 0 Å². The number of rotatable bonds is 7. The van der Waals surface area contributed by atoms with E-state index in [1.165, 1.54) is 5.56 Å². The Kier molecular flexibility index (Phi) is 4.56. The lowest BCUT2D eigenvalue weighted by molar-refractivity contribution is 0.681. The van der Waals surface area contributed by atoms with Crippen molar-refractivity contribution >= 4 is 5.82 Å². The highest BCUT2D eigenvalue weighted by molar-refractivity contribution is 5.38. The van der Waals surface area contributed by atoms with Crippen LogP contribution in [-0.2, 0) is 6.54 Å². The maximum atomic E-state index is 4.59. The number of anilines is 1. The molecule has 0 saturated heterocycles. The van der Waals surface area contributed by atoms with Crippen LogP contribution >= 0.6 is 0 Å². The Morgan fingerprint density at radius 1 is 1.05 bits per heavy atom. The van der Waals surface area contributed by atoms with E-state index in [4.69, 9.17) is 0 Å². The lowest BCUT2D eigenvalue weighted by Crippen LogP contribution is -2.23. The molecule has 0 aliphatic carbocycles. The van der Waals surface area contributed by atoms with Gasteiger partial charge in [-0.25, -0.2) is 0 Å². The number of hydrogen-bond donors (Lipinski definition) is 0. The molecule has 1 aromatic heterocycles. The zero-order valence-corrected chi connectivity index (χ0v) is 11.1. The highest BCUT2D eigenvalue weighted by Crippen LogP contribution is 2.11. The molecular weight excluding hydrogens is 234 g/mol. The summed E-state index contributed by atoms with van der Waals surface area (Å²) in [7, 11) is 0. The fraction of sp³-hybridized carbons (Fsp3) is 0.188. The smallest absolute Gasteiger partial charge is 0.151 e. The number of nitrogens with zero attached hydrogens (tertiary/aromatic N) is 3. The molecule has 0 atom stereocenters. The van der Waals surface area contributed by atoms with Gasteiger partial charge in [-0.1, -0.05) is 42.5 Å². The molecule has 3 heteroatoms. The fourth-order valence-electron chi connectivity index (χ4n) is 1.95. The van der Waals surface area contributed by atoms with E-state index in [9.17, 15) is 0 Å². The van der Waals surface area contributed by atoms with Crippen molar-refractivity contribution in [3.63, 3.8) is 0 Å². The van der Waals surface area contributed by atoms with E-state index in [1.54, 1.807) is 0 Å². The quantitative estimate of drug-likeness (QED) is 0.707. The van der Waals surface area contributed by atoms with Crippen LogP contribution in [0.1, 0.15) is 5.56 Å². The topological polar surface area (TPSA) is 21.1 Å². The fourth-order valence-corrected chi connectivity index (χ4v) is 1.95. The molecule has 0 radical (unpaired) electrons. The molecule has 0 bridgehead atoms. The normalized spacial score (nSPS) is 10.1. The zero-order chi connectivity index (χ0) is 13.5. The van der Waals surface area contributed by atoms with E-state index >= 15 is 0 Å². The first-order valence-electron chi connectivity index (χ1n) is 6.37. The summed E-state index contributed by atoms with van der Waals surface area (Å²) in [6, 6.07) is 12.3. The van der Waals surface area contributed by atoms with E-state index in [0.717, 1.165) is 25.5 Å². The Labute approximate surface area is 114 Å². The highest BCUT2D eigenvalue weighted by atomic mass is 15.3. The molecule has 0 N–H and O–H groups in total. The summed E-state index contributed by atoms with van der Waals surface area (Å²) in [4.78, 5) is 2.13. The van der Waals surface area contributed by atoms with Crippen molar-refractivity contribution in [2.45, 2.75) is 6.54 Å². The maximum Gasteiger partial charge on any atom is 0.151 e. The third kappa shape index (κ3) is 3.58. The van der Waals surface area contributed by atoms with Crippen molar-refractivity contribution in [1.29, 1.82) is 0 Å². The van der Waals surface area contributed by atoms with E-state index in [1.807, 2.05) is 47.3 Å². The maximum absolute atomic E-state index is 4.59. The van der Waals surface area contributed by atoms with Crippen LogP contribution < -0.4 is 4.90 Å². The lowest BCUT2D eigenvalue weighted by atomic mass is 10.2. The SMILES string of the molecule is C=CCN(CC=C)c1ccn(Cc2ccccc2)n1. The average Bonchev–Trinajstić information content (AvgIpc) is 2.88. The van der Waals surface area contributed by atoms with Crippen LogP contribution in [0.4, 0.5) is 5.82 Å². The van der Waals surface area contributed by atoms with Crippen LogP contribution in [0.5, 0.6) is 0 Å². The summed E-state index contributed by atoms with van der Waals surface area (Å²) < 4.78 is 1.95. The molecule has 1 heterocycles. The van der Waals surface area contributed by atoms with E-state index in [-0.39, 0.29) is 0 Å². The van der Waals surface area contributed by atoms with Gasteiger partial charge in [-0.05, 0) is 5.56 Å². The Hall–Kier alpha value is -2.29. The van der Waals surface area contributed by atoms with Crippen molar-refractivity contribution in [1.82, 2.24) is 9.78 Å². The summed E-state index contributed by atoms with van der Waals surface area (Å²) >= 11 is 0. The van der Waals surface area contributed by atoms with Crippen LogP contribution in [-0.4, -0.2) is 22.9 Å². The third-order valence-corrected chi connectivity index (χ3v) is 2.84. The average molecular weight is 253 g/mol. The van der Waals surface area contributed by atoms with Crippen molar-refractivity contribution in [2.75, 3.05) is 18.0 Å². The van der Waals surface area contributed by atoms with Gasteiger partial charge in [0.25, 0.3) is 0 Å². The molecule has 98 valence electrons. The van der Waals surface area contributed by atoms with Crippen LogP contribution in [0.25, 0.3) is 0 Å². The molecule has 0 spiro atoms. The molecule has 0 unspecified atom stereocenters. The molecule has 2 rings (SSSR count).